The van der Waals surface area contributed by atoms with Crippen molar-refractivity contribution in [1.29, 1.82) is 0 Å². The summed E-state index contributed by atoms with van der Waals surface area (Å²) < 4.78 is 0. The molecule has 0 saturated heterocycles. The molecule has 0 aromatic carbocycles. The second-order valence-electron chi connectivity index (χ2n) is 5.53. The van der Waals surface area contributed by atoms with E-state index >= 15 is 0 Å². The lowest BCUT2D eigenvalue weighted by molar-refractivity contribution is 0.231. The predicted molar refractivity (Wildman–Crippen MR) is 61.1 cm³/mol. The van der Waals surface area contributed by atoms with E-state index < -0.39 is 0 Å². The summed E-state index contributed by atoms with van der Waals surface area (Å²) in [4.78, 5) is 0. The summed E-state index contributed by atoms with van der Waals surface area (Å²) in [6.07, 6.45) is 14.4. The normalized spacial score (nSPS) is 35.8. The van der Waals surface area contributed by atoms with Crippen LogP contribution in [0, 0.1) is 11.8 Å². The highest BCUT2D eigenvalue weighted by molar-refractivity contribution is 4.78. The summed E-state index contributed by atoms with van der Waals surface area (Å²) in [5, 5.41) is 0. The molecule has 0 heterocycles. The van der Waals surface area contributed by atoms with Crippen LogP contribution in [0.1, 0.15) is 64.2 Å². The Labute approximate surface area is 88.4 Å². The first-order valence-corrected chi connectivity index (χ1v) is 6.60. The molecule has 0 aromatic heterocycles. The van der Waals surface area contributed by atoms with Gasteiger partial charge in [-0.2, -0.15) is 0 Å². The molecule has 2 rings (SSSR count). The van der Waals surface area contributed by atoms with Gasteiger partial charge in [-0.25, -0.2) is 0 Å². The van der Waals surface area contributed by atoms with Gasteiger partial charge in [0, 0.05) is 6.04 Å². The SMILES string of the molecule is NC1CCCC(CC2CCCCC2)C1. The smallest absolute Gasteiger partial charge is 0.00414 e. The van der Waals surface area contributed by atoms with Crippen LogP contribution < -0.4 is 5.73 Å². The van der Waals surface area contributed by atoms with Crippen LogP contribution in [0.15, 0.2) is 0 Å². The van der Waals surface area contributed by atoms with Crippen molar-refractivity contribution in [3.63, 3.8) is 0 Å². The highest BCUT2D eigenvalue weighted by Gasteiger charge is 2.23. The fraction of sp³-hybridized carbons (Fsp3) is 1.00. The third-order valence-corrected chi connectivity index (χ3v) is 4.21. The molecule has 1 heteroatoms. The lowest BCUT2D eigenvalue weighted by atomic mass is 9.76. The van der Waals surface area contributed by atoms with Gasteiger partial charge >= 0.3 is 0 Å². The van der Waals surface area contributed by atoms with Gasteiger partial charge in [-0.1, -0.05) is 44.9 Å². The number of hydrogen-bond donors (Lipinski definition) is 1. The van der Waals surface area contributed by atoms with Crippen molar-refractivity contribution in [2.75, 3.05) is 0 Å². The van der Waals surface area contributed by atoms with E-state index in [-0.39, 0.29) is 0 Å². The molecule has 82 valence electrons. The van der Waals surface area contributed by atoms with Crippen LogP contribution in [0.5, 0.6) is 0 Å². The van der Waals surface area contributed by atoms with Crippen LogP contribution in [-0.4, -0.2) is 6.04 Å². The average Bonchev–Trinajstić information content (AvgIpc) is 2.19. The van der Waals surface area contributed by atoms with Crippen molar-refractivity contribution in [2.24, 2.45) is 17.6 Å². The summed E-state index contributed by atoms with van der Waals surface area (Å²) in [6, 6.07) is 0.525. The Morgan fingerprint density at radius 2 is 1.50 bits per heavy atom. The molecule has 2 N–H and O–H groups in total. The molecule has 2 fully saturated rings. The van der Waals surface area contributed by atoms with Crippen LogP contribution >= 0.6 is 0 Å². The van der Waals surface area contributed by atoms with Crippen molar-refractivity contribution in [1.82, 2.24) is 0 Å². The summed E-state index contributed by atoms with van der Waals surface area (Å²) >= 11 is 0. The summed E-state index contributed by atoms with van der Waals surface area (Å²) in [5.74, 6) is 2.03. The van der Waals surface area contributed by atoms with Gasteiger partial charge in [-0.15, -0.1) is 0 Å². The van der Waals surface area contributed by atoms with E-state index in [1.165, 1.54) is 64.2 Å². The van der Waals surface area contributed by atoms with Gasteiger partial charge in [0.25, 0.3) is 0 Å². The van der Waals surface area contributed by atoms with E-state index in [2.05, 4.69) is 0 Å². The second-order valence-corrected chi connectivity index (χ2v) is 5.53. The van der Waals surface area contributed by atoms with E-state index in [0.29, 0.717) is 6.04 Å². The first-order chi connectivity index (χ1) is 6.84. The maximum atomic E-state index is 6.03. The lowest BCUT2D eigenvalue weighted by Crippen LogP contribution is -2.29. The van der Waals surface area contributed by atoms with Crippen LogP contribution in [0.25, 0.3) is 0 Å². The Hall–Kier alpha value is -0.0400. The van der Waals surface area contributed by atoms with Crippen molar-refractivity contribution in [3.8, 4) is 0 Å². The fourth-order valence-electron chi connectivity index (χ4n) is 3.44. The monoisotopic (exact) mass is 195 g/mol. The van der Waals surface area contributed by atoms with E-state index in [0.717, 1.165) is 11.8 Å². The average molecular weight is 195 g/mol. The molecule has 14 heavy (non-hydrogen) atoms. The van der Waals surface area contributed by atoms with Gasteiger partial charge in [0.2, 0.25) is 0 Å². The third-order valence-electron chi connectivity index (χ3n) is 4.21. The first-order valence-electron chi connectivity index (χ1n) is 6.60. The summed E-state index contributed by atoms with van der Waals surface area (Å²) in [6.45, 7) is 0. The van der Waals surface area contributed by atoms with Crippen molar-refractivity contribution in [3.05, 3.63) is 0 Å². The Bertz CT molecular complexity index is 161. The topological polar surface area (TPSA) is 26.0 Å². The Balaban J connectivity index is 1.72. The highest BCUT2D eigenvalue weighted by Crippen LogP contribution is 2.34. The third kappa shape index (κ3) is 2.98. The maximum Gasteiger partial charge on any atom is 0.00414 e. The molecule has 2 unspecified atom stereocenters. The van der Waals surface area contributed by atoms with Gasteiger partial charge in [0.15, 0.2) is 0 Å². The molecule has 2 aliphatic carbocycles. The lowest BCUT2D eigenvalue weighted by Gasteiger charge is -2.31. The van der Waals surface area contributed by atoms with Crippen molar-refractivity contribution < 1.29 is 0 Å². The first kappa shape index (κ1) is 10.5. The molecule has 1 nitrogen and oxygen atoms in total. The number of hydrogen-bond acceptors (Lipinski definition) is 1. The number of nitrogens with two attached hydrogens (primary N) is 1. The Morgan fingerprint density at radius 1 is 0.786 bits per heavy atom. The van der Waals surface area contributed by atoms with Crippen LogP contribution in [-0.2, 0) is 0 Å². The highest BCUT2D eigenvalue weighted by atomic mass is 14.6. The van der Waals surface area contributed by atoms with Crippen LogP contribution in [0.3, 0.4) is 0 Å². The van der Waals surface area contributed by atoms with Gasteiger partial charge in [0.1, 0.15) is 0 Å². The zero-order chi connectivity index (χ0) is 9.80. The van der Waals surface area contributed by atoms with Crippen LogP contribution in [0.4, 0.5) is 0 Å². The standard InChI is InChI=1S/C13H25N/c14-13-8-4-7-12(10-13)9-11-5-2-1-3-6-11/h11-13H,1-10,14H2. The summed E-state index contributed by atoms with van der Waals surface area (Å²) in [5.41, 5.74) is 6.03. The van der Waals surface area contributed by atoms with E-state index in [1.54, 1.807) is 0 Å². The fourth-order valence-corrected chi connectivity index (χ4v) is 3.44. The quantitative estimate of drug-likeness (QED) is 0.717. The summed E-state index contributed by atoms with van der Waals surface area (Å²) in [7, 11) is 0. The van der Waals surface area contributed by atoms with Gasteiger partial charge in [0.05, 0.1) is 0 Å². The minimum absolute atomic E-state index is 0.525. The molecular weight excluding hydrogens is 170 g/mol. The second kappa shape index (κ2) is 5.16. The molecule has 0 bridgehead atoms. The molecule has 0 aliphatic heterocycles. The minimum atomic E-state index is 0.525. The largest absolute Gasteiger partial charge is 0.328 e. The molecule has 2 atom stereocenters. The van der Waals surface area contributed by atoms with E-state index in [1.807, 2.05) is 0 Å². The van der Waals surface area contributed by atoms with Gasteiger partial charge < -0.3 is 5.73 Å². The Morgan fingerprint density at radius 3 is 2.21 bits per heavy atom. The molecule has 2 aliphatic rings. The molecule has 0 aromatic rings. The van der Waals surface area contributed by atoms with E-state index in [9.17, 15) is 0 Å². The molecule has 2 saturated carbocycles. The maximum absolute atomic E-state index is 6.03. The van der Waals surface area contributed by atoms with Gasteiger partial charge in [-0.3, -0.25) is 0 Å². The molecular formula is C13H25N. The van der Waals surface area contributed by atoms with Gasteiger partial charge in [-0.05, 0) is 31.1 Å². The minimum Gasteiger partial charge on any atom is -0.328 e. The molecule has 0 amide bonds. The molecule has 0 radical (unpaired) electrons. The van der Waals surface area contributed by atoms with E-state index in [4.69, 9.17) is 5.73 Å². The van der Waals surface area contributed by atoms with Crippen molar-refractivity contribution >= 4 is 0 Å². The Kier molecular flexibility index (Phi) is 3.86. The molecule has 0 spiro atoms. The number of rotatable bonds is 2. The predicted octanol–water partition coefficient (Wildman–Crippen LogP) is 3.47. The van der Waals surface area contributed by atoms with Crippen LogP contribution in [0.2, 0.25) is 0 Å². The zero-order valence-electron chi connectivity index (χ0n) is 9.38. The zero-order valence-corrected chi connectivity index (χ0v) is 9.38. The van der Waals surface area contributed by atoms with Crippen molar-refractivity contribution in [2.45, 2.75) is 70.3 Å².